The number of carbonyl (C=O) groups is 1. The number of amides is 2. The topological polar surface area (TPSA) is 54.3 Å². The number of hydrogen-bond donors (Lipinski definition) is 2. The second-order valence-electron chi connectivity index (χ2n) is 5.78. The van der Waals surface area contributed by atoms with E-state index in [4.69, 9.17) is 4.42 Å². The van der Waals surface area contributed by atoms with Gasteiger partial charge in [0.1, 0.15) is 5.76 Å². The average molecular weight is 290 g/mol. The van der Waals surface area contributed by atoms with E-state index in [0.717, 1.165) is 31.6 Å². The molecule has 116 valence electrons. The third kappa shape index (κ3) is 6.06. The van der Waals surface area contributed by atoms with Gasteiger partial charge in [-0.15, -0.1) is 0 Å². The molecule has 1 atom stereocenters. The number of allylic oxidation sites excluding steroid dienone is 1. The molecular weight excluding hydrogens is 264 g/mol. The third-order valence-corrected chi connectivity index (χ3v) is 3.90. The monoisotopic (exact) mass is 290 g/mol. The van der Waals surface area contributed by atoms with Crippen LogP contribution in [0.25, 0.3) is 0 Å². The smallest absolute Gasteiger partial charge is 0.315 e. The van der Waals surface area contributed by atoms with Crippen molar-refractivity contribution in [3.63, 3.8) is 0 Å². The molecule has 2 rings (SSSR count). The maximum Gasteiger partial charge on any atom is 0.315 e. The Morgan fingerprint density at radius 3 is 3.00 bits per heavy atom. The van der Waals surface area contributed by atoms with Crippen molar-refractivity contribution in [3.05, 3.63) is 35.8 Å². The SMILES string of the molecule is CC(CCc1ccco1)NC(=O)NCCC1=CCCCC1. The van der Waals surface area contributed by atoms with Crippen LogP contribution in [0.4, 0.5) is 4.79 Å². The van der Waals surface area contributed by atoms with Crippen LogP contribution in [0.1, 0.15) is 51.2 Å². The highest BCUT2D eigenvalue weighted by Gasteiger charge is 2.08. The lowest BCUT2D eigenvalue weighted by Gasteiger charge is -2.15. The summed E-state index contributed by atoms with van der Waals surface area (Å²) in [7, 11) is 0. The summed E-state index contributed by atoms with van der Waals surface area (Å²) >= 11 is 0. The van der Waals surface area contributed by atoms with Crippen LogP contribution in [0.5, 0.6) is 0 Å². The van der Waals surface area contributed by atoms with E-state index in [1.165, 1.54) is 31.3 Å². The lowest BCUT2D eigenvalue weighted by atomic mass is 9.97. The Bertz CT molecular complexity index is 451. The molecule has 0 radical (unpaired) electrons. The van der Waals surface area contributed by atoms with E-state index in [1.54, 1.807) is 6.26 Å². The first-order chi connectivity index (χ1) is 10.2. The maximum atomic E-state index is 11.8. The van der Waals surface area contributed by atoms with Crippen molar-refractivity contribution in [2.75, 3.05) is 6.54 Å². The summed E-state index contributed by atoms with van der Waals surface area (Å²) in [4.78, 5) is 11.8. The average Bonchev–Trinajstić information content (AvgIpc) is 2.99. The van der Waals surface area contributed by atoms with Gasteiger partial charge in [0.05, 0.1) is 6.26 Å². The molecule has 2 N–H and O–H groups in total. The van der Waals surface area contributed by atoms with Gasteiger partial charge < -0.3 is 15.1 Å². The number of rotatable bonds is 7. The minimum absolute atomic E-state index is 0.0710. The van der Waals surface area contributed by atoms with Crippen molar-refractivity contribution >= 4 is 6.03 Å². The zero-order valence-electron chi connectivity index (χ0n) is 12.9. The van der Waals surface area contributed by atoms with Crippen molar-refractivity contribution in [2.24, 2.45) is 0 Å². The van der Waals surface area contributed by atoms with Crippen LogP contribution in [0.3, 0.4) is 0 Å². The predicted molar refractivity (Wildman–Crippen MR) is 84.2 cm³/mol. The first-order valence-corrected chi connectivity index (χ1v) is 7.98. The largest absolute Gasteiger partial charge is 0.469 e. The van der Waals surface area contributed by atoms with Gasteiger partial charge in [0.2, 0.25) is 0 Å². The van der Waals surface area contributed by atoms with E-state index in [1.807, 2.05) is 19.1 Å². The van der Waals surface area contributed by atoms with Crippen LogP contribution in [-0.2, 0) is 6.42 Å². The standard InChI is InChI=1S/C17H26N2O2/c1-14(9-10-16-8-5-13-21-16)19-17(20)18-12-11-15-6-3-2-4-7-15/h5-6,8,13-14H,2-4,7,9-12H2,1H3,(H2,18,19,20). The molecule has 0 aromatic carbocycles. The molecule has 0 saturated carbocycles. The molecule has 4 heteroatoms. The van der Waals surface area contributed by atoms with Crippen LogP contribution in [-0.4, -0.2) is 18.6 Å². The number of aryl methyl sites for hydroxylation is 1. The highest BCUT2D eigenvalue weighted by Crippen LogP contribution is 2.19. The molecule has 0 bridgehead atoms. The van der Waals surface area contributed by atoms with E-state index in [0.29, 0.717) is 0 Å². The van der Waals surface area contributed by atoms with Gasteiger partial charge in [-0.25, -0.2) is 4.79 Å². The number of carbonyl (C=O) groups excluding carboxylic acids is 1. The van der Waals surface area contributed by atoms with E-state index in [2.05, 4.69) is 16.7 Å². The summed E-state index contributed by atoms with van der Waals surface area (Å²) in [6.45, 7) is 2.74. The van der Waals surface area contributed by atoms with Crippen LogP contribution in [0.2, 0.25) is 0 Å². The van der Waals surface area contributed by atoms with Gasteiger partial charge in [-0.05, 0) is 57.6 Å². The molecular formula is C17H26N2O2. The summed E-state index contributed by atoms with van der Waals surface area (Å²) in [5.41, 5.74) is 1.49. The fourth-order valence-corrected chi connectivity index (χ4v) is 2.63. The van der Waals surface area contributed by atoms with Gasteiger partial charge in [-0.3, -0.25) is 0 Å². The quantitative estimate of drug-likeness (QED) is 0.751. The lowest BCUT2D eigenvalue weighted by molar-refractivity contribution is 0.237. The Morgan fingerprint density at radius 2 is 2.29 bits per heavy atom. The lowest BCUT2D eigenvalue weighted by Crippen LogP contribution is -2.41. The summed E-state index contributed by atoms with van der Waals surface area (Å²) in [6.07, 6.45) is 11.7. The molecule has 21 heavy (non-hydrogen) atoms. The van der Waals surface area contributed by atoms with Crippen LogP contribution in [0.15, 0.2) is 34.5 Å². The molecule has 0 spiro atoms. The number of hydrogen-bond acceptors (Lipinski definition) is 2. The Labute approximate surface area is 127 Å². The maximum absolute atomic E-state index is 11.8. The van der Waals surface area contributed by atoms with E-state index < -0.39 is 0 Å². The van der Waals surface area contributed by atoms with Gasteiger partial charge in [0.15, 0.2) is 0 Å². The van der Waals surface area contributed by atoms with Crippen molar-refractivity contribution in [2.45, 2.75) is 57.9 Å². The second-order valence-corrected chi connectivity index (χ2v) is 5.78. The van der Waals surface area contributed by atoms with E-state index in [-0.39, 0.29) is 12.1 Å². The first kappa shape index (κ1) is 15.7. The molecule has 4 nitrogen and oxygen atoms in total. The molecule has 1 aliphatic carbocycles. The second kappa shape index (κ2) is 8.55. The van der Waals surface area contributed by atoms with Crippen LogP contribution >= 0.6 is 0 Å². The number of urea groups is 1. The molecule has 1 heterocycles. The Morgan fingerprint density at radius 1 is 1.38 bits per heavy atom. The van der Waals surface area contributed by atoms with Crippen molar-refractivity contribution in [1.82, 2.24) is 10.6 Å². The molecule has 1 aromatic rings. The molecule has 0 aliphatic heterocycles. The summed E-state index contributed by atoms with van der Waals surface area (Å²) in [5, 5.41) is 5.91. The van der Waals surface area contributed by atoms with Crippen LogP contribution in [0, 0.1) is 0 Å². The molecule has 1 aliphatic rings. The predicted octanol–water partition coefficient (Wildman–Crippen LogP) is 3.79. The fourth-order valence-electron chi connectivity index (χ4n) is 2.63. The molecule has 2 amide bonds. The Hall–Kier alpha value is -1.71. The van der Waals surface area contributed by atoms with Crippen molar-refractivity contribution in [3.8, 4) is 0 Å². The zero-order chi connectivity index (χ0) is 14.9. The summed E-state index contributed by atoms with van der Waals surface area (Å²) in [5.74, 6) is 0.966. The van der Waals surface area contributed by atoms with Crippen molar-refractivity contribution < 1.29 is 9.21 Å². The molecule has 1 aromatic heterocycles. The molecule has 0 fully saturated rings. The fraction of sp³-hybridized carbons (Fsp3) is 0.588. The van der Waals surface area contributed by atoms with Gasteiger partial charge >= 0.3 is 6.03 Å². The zero-order valence-corrected chi connectivity index (χ0v) is 12.9. The summed E-state index contributed by atoms with van der Waals surface area (Å²) in [6, 6.07) is 3.92. The number of nitrogens with one attached hydrogen (secondary N) is 2. The minimum atomic E-state index is -0.0710. The van der Waals surface area contributed by atoms with Gasteiger partial charge in [-0.2, -0.15) is 0 Å². The van der Waals surface area contributed by atoms with Gasteiger partial charge in [0.25, 0.3) is 0 Å². The third-order valence-electron chi connectivity index (χ3n) is 3.90. The number of furan rings is 1. The summed E-state index contributed by atoms with van der Waals surface area (Å²) < 4.78 is 5.29. The minimum Gasteiger partial charge on any atom is -0.469 e. The molecule has 1 unspecified atom stereocenters. The Kier molecular flexibility index (Phi) is 6.38. The van der Waals surface area contributed by atoms with E-state index in [9.17, 15) is 4.79 Å². The van der Waals surface area contributed by atoms with Gasteiger partial charge in [-0.1, -0.05) is 11.6 Å². The first-order valence-electron chi connectivity index (χ1n) is 7.98. The highest BCUT2D eigenvalue weighted by molar-refractivity contribution is 5.74. The van der Waals surface area contributed by atoms with E-state index >= 15 is 0 Å². The van der Waals surface area contributed by atoms with Crippen molar-refractivity contribution in [1.29, 1.82) is 0 Å². The van der Waals surface area contributed by atoms with Gasteiger partial charge in [0, 0.05) is 19.0 Å². The Balaban J connectivity index is 1.56. The highest BCUT2D eigenvalue weighted by atomic mass is 16.3. The normalized spacial score (nSPS) is 16.1. The molecule has 0 saturated heterocycles. The van der Waals surface area contributed by atoms with Crippen LogP contribution < -0.4 is 10.6 Å².